The van der Waals surface area contributed by atoms with Crippen molar-refractivity contribution in [2.75, 3.05) is 0 Å². The highest BCUT2D eigenvalue weighted by atomic mass is 16.4. The van der Waals surface area contributed by atoms with Crippen molar-refractivity contribution < 1.29 is 9.90 Å². The van der Waals surface area contributed by atoms with Gasteiger partial charge in [-0.05, 0) is 32.6 Å². The van der Waals surface area contributed by atoms with Crippen LogP contribution in [0.2, 0.25) is 0 Å². The summed E-state index contributed by atoms with van der Waals surface area (Å²) in [5, 5.41) is 16.6. The van der Waals surface area contributed by atoms with E-state index in [0.717, 1.165) is 24.1 Å². The first-order chi connectivity index (χ1) is 7.99. The minimum atomic E-state index is -0.749. The molecule has 0 radical (unpaired) electrons. The molecule has 1 fully saturated rings. The number of aromatic nitrogens is 2. The van der Waals surface area contributed by atoms with Crippen LogP contribution in [-0.4, -0.2) is 26.9 Å². The largest absolute Gasteiger partial charge is 0.480 e. The third-order valence-electron chi connectivity index (χ3n) is 3.31. The zero-order valence-corrected chi connectivity index (χ0v) is 10.5. The van der Waals surface area contributed by atoms with Gasteiger partial charge in [0, 0.05) is 24.8 Å². The third kappa shape index (κ3) is 2.66. The first-order valence-electron chi connectivity index (χ1n) is 5.98. The second-order valence-electron chi connectivity index (χ2n) is 4.89. The predicted octanol–water partition coefficient (Wildman–Crippen LogP) is 1.24. The molecule has 2 atom stereocenters. The molecule has 1 aromatic rings. The molecular weight excluding hydrogens is 218 g/mol. The molecule has 2 unspecified atom stereocenters. The number of rotatable bonds is 5. The summed E-state index contributed by atoms with van der Waals surface area (Å²) in [4.78, 5) is 11.2. The van der Waals surface area contributed by atoms with Crippen LogP contribution in [0.1, 0.15) is 37.1 Å². The zero-order chi connectivity index (χ0) is 12.6. The summed E-state index contributed by atoms with van der Waals surface area (Å²) in [6.07, 6.45) is 3.98. The van der Waals surface area contributed by atoms with Crippen molar-refractivity contribution in [1.29, 1.82) is 0 Å². The van der Waals surface area contributed by atoms with Gasteiger partial charge in [-0.2, -0.15) is 5.10 Å². The summed E-state index contributed by atoms with van der Waals surface area (Å²) in [5.41, 5.74) is 2.02. The van der Waals surface area contributed by atoms with Crippen LogP contribution in [0.15, 0.2) is 6.20 Å². The summed E-state index contributed by atoms with van der Waals surface area (Å²) in [5.74, 6) is -0.451. The van der Waals surface area contributed by atoms with Gasteiger partial charge in [0.15, 0.2) is 0 Å². The summed E-state index contributed by atoms with van der Waals surface area (Å²) in [6.45, 7) is 3.93. The Morgan fingerprint density at radius 3 is 2.71 bits per heavy atom. The Labute approximate surface area is 101 Å². The highest BCUT2D eigenvalue weighted by molar-refractivity contribution is 5.74. The molecule has 1 aliphatic carbocycles. The molecule has 0 bridgehead atoms. The summed E-state index contributed by atoms with van der Waals surface area (Å²) in [6, 6.07) is -0.407. The summed E-state index contributed by atoms with van der Waals surface area (Å²) < 4.78 is 1.76. The number of aliphatic carboxylic acids is 1. The molecule has 0 aromatic carbocycles. The first kappa shape index (κ1) is 12.1. The van der Waals surface area contributed by atoms with Gasteiger partial charge in [-0.15, -0.1) is 0 Å². The highest BCUT2D eigenvalue weighted by Crippen LogP contribution is 2.34. The Kier molecular flexibility index (Phi) is 3.19. The van der Waals surface area contributed by atoms with Crippen molar-refractivity contribution in [1.82, 2.24) is 15.1 Å². The SMILES string of the molecule is Cc1nn(C)cc1C(C)NC(C(=O)O)C1CC1. The van der Waals surface area contributed by atoms with Gasteiger partial charge in [-0.3, -0.25) is 14.8 Å². The van der Waals surface area contributed by atoms with E-state index in [4.69, 9.17) is 0 Å². The van der Waals surface area contributed by atoms with Gasteiger partial charge in [-0.1, -0.05) is 0 Å². The van der Waals surface area contributed by atoms with Crippen molar-refractivity contribution in [3.63, 3.8) is 0 Å². The minimum Gasteiger partial charge on any atom is -0.480 e. The van der Waals surface area contributed by atoms with Gasteiger partial charge in [0.25, 0.3) is 0 Å². The Bertz CT molecular complexity index is 423. The fourth-order valence-corrected chi connectivity index (χ4v) is 2.24. The zero-order valence-electron chi connectivity index (χ0n) is 10.5. The standard InChI is InChI=1S/C12H19N3O2/c1-7(10-6-15(3)14-8(10)2)13-11(12(16)17)9-4-5-9/h6-7,9,11,13H,4-5H2,1-3H3,(H,16,17). The molecule has 1 aromatic heterocycles. The van der Waals surface area contributed by atoms with Crippen LogP contribution in [0, 0.1) is 12.8 Å². The van der Waals surface area contributed by atoms with Gasteiger partial charge in [0.1, 0.15) is 6.04 Å². The smallest absolute Gasteiger partial charge is 0.320 e. The molecule has 0 saturated heterocycles. The number of hydrogen-bond donors (Lipinski definition) is 2. The lowest BCUT2D eigenvalue weighted by Crippen LogP contribution is -2.40. The molecule has 5 nitrogen and oxygen atoms in total. The van der Waals surface area contributed by atoms with Crippen LogP contribution < -0.4 is 5.32 Å². The van der Waals surface area contributed by atoms with E-state index in [1.807, 2.05) is 27.1 Å². The minimum absolute atomic E-state index is 0.0189. The van der Waals surface area contributed by atoms with Crippen LogP contribution in [0.25, 0.3) is 0 Å². The second kappa shape index (κ2) is 4.49. The molecule has 1 heterocycles. The fourth-order valence-electron chi connectivity index (χ4n) is 2.24. The van der Waals surface area contributed by atoms with Crippen LogP contribution in [-0.2, 0) is 11.8 Å². The highest BCUT2D eigenvalue weighted by Gasteiger charge is 2.37. The third-order valence-corrected chi connectivity index (χ3v) is 3.31. The number of aryl methyl sites for hydroxylation is 2. The molecule has 0 amide bonds. The lowest BCUT2D eigenvalue weighted by molar-refractivity contribution is -0.140. The summed E-state index contributed by atoms with van der Waals surface area (Å²) in [7, 11) is 1.87. The number of nitrogens with zero attached hydrogens (tertiary/aromatic N) is 2. The molecule has 94 valence electrons. The van der Waals surface area contributed by atoms with Crippen molar-refractivity contribution in [2.45, 2.75) is 38.8 Å². The molecule has 17 heavy (non-hydrogen) atoms. The average Bonchev–Trinajstić information content (AvgIpc) is 3.00. The van der Waals surface area contributed by atoms with E-state index in [1.54, 1.807) is 4.68 Å². The molecule has 2 rings (SSSR count). The maximum Gasteiger partial charge on any atom is 0.320 e. The number of hydrogen-bond acceptors (Lipinski definition) is 3. The monoisotopic (exact) mass is 237 g/mol. The Hall–Kier alpha value is -1.36. The Morgan fingerprint density at radius 1 is 1.65 bits per heavy atom. The quantitative estimate of drug-likeness (QED) is 0.808. The fraction of sp³-hybridized carbons (Fsp3) is 0.667. The number of carboxylic acids is 1. The van der Waals surface area contributed by atoms with Gasteiger partial charge in [0.2, 0.25) is 0 Å². The van der Waals surface area contributed by atoms with E-state index in [9.17, 15) is 9.90 Å². The van der Waals surface area contributed by atoms with Gasteiger partial charge in [0.05, 0.1) is 5.69 Å². The van der Waals surface area contributed by atoms with E-state index in [0.29, 0.717) is 5.92 Å². The second-order valence-corrected chi connectivity index (χ2v) is 4.89. The molecule has 0 spiro atoms. The Morgan fingerprint density at radius 2 is 2.29 bits per heavy atom. The summed E-state index contributed by atoms with van der Waals surface area (Å²) >= 11 is 0. The number of carboxylic acid groups (broad SMARTS) is 1. The molecule has 5 heteroatoms. The van der Waals surface area contributed by atoms with E-state index in [-0.39, 0.29) is 6.04 Å². The van der Waals surface area contributed by atoms with Crippen molar-refractivity contribution in [2.24, 2.45) is 13.0 Å². The number of carbonyl (C=O) groups is 1. The van der Waals surface area contributed by atoms with Crippen LogP contribution in [0.3, 0.4) is 0 Å². The van der Waals surface area contributed by atoms with Crippen LogP contribution >= 0.6 is 0 Å². The van der Waals surface area contributed by atoms with Crippen LogP contribution in [0.4, 0.5) is 0 Å². The lowest BCUT2D eigenvalue weighted by Gasteiger charge is -2.19. The van der Waals surface area contributed by atoms with Crippen molar-refractivity contribution in [3.8, 4) is 0 Å². The lowest BCUT2D eigenvalue weighted by atomic mass is 10.1. The van der Waals surface area contributed by atoms with Crippen LogP contribution in [0.5, 0.6) is 0 Å². The van der Waals surface area contributed by atoms with Crippen molar-refractivity contribution in [3.05, 3.63) is 17.5 Å². The molecule has 0 aliphatic heterocycles. The Balaban J connectivity index is 2.07. The average molecular weight is 237 g/mol. The first-order valence-corrected chi connectivity index (χ1v) is 5.98. The van der Waals surface area contributed by atoms with E-state index < -0.39 is 12.0 Å². The predicted molar refractivity (Wildman–Crippen MR) is 63.6 cm³/mol. The molecular formula is C12H19N3O2. The number of nitrogens with one attached hydrogen (secondary N) is 1. The van der Waals surface area contributed by atoms with Gasteiger partial charge in [-0.25, -0.2) is 0 Å². The molecule has 2 N–H and O–H groups in total. The van der Waals surface area contributed by atoms with E-state index in [2.05, 4.69) is 10.4 Å². The molecule has 1 aliphatic rings. The van der Waals surface area contributed by atoms with Crippen molar-refractivity contribution >= 4 is 5.97 Å². The van der Waals surface area contributed by atoms with E-state index in [1.165, 1.54) is 0 Å². The normalized spacial score (nSPS) is 19.0. The maximum atomic E-state index is 11.2. The van der Waals surface area contributed by atoms with E-state index >= 15 is 0 Å². The topological polar surface area (TPSA) is 67.2 Å². The van der Waals surface area contributed by atoms with Gasteiger partial charge < -0.3 is 5.11 Å². The van der Waals surface area contributed by atoms with Gasteiger partial charge >= 0.3 is 5.97 Å². The maximum absolute atomic E-state index is 11.2. The molecule has 1 saturated carbocycles.